The van der Waals surface area contributed by atoms with E-state index in [0.29, 0.717) is 33.9 Å². The van der Waals surface area contributed by atoms with Gasteiger partial charge in [-0.1, -0.05) is 47.6 Å². The molecule has 0 aliphatic carbocycles. The minimum absolute atomic E-state index is 0.0646. The van der Waals surface area contributed by atoms with Gasteiger partial charge >= 0.3 is 0 Å². The van der Waals surface area contributed by atoms with Crippen molar-refractivity contribution >= 4 is 40.6 Å². The second-order valence-corrected chi connectivity index (χ2v) is 7.55. The van der Waals surface area contributed by atoms with E-state index in [4.69, 9.17) is 11.6 Å². The molecule has 8 nitrogen and oxygen atoms in total. The highest BCUT2D eigenvalue weighted by Crippen LogP contribution is 2.23. The molecule has 0 saturated carbocycles. The van der Waals surface area contributed by atoms with Gasteiger partial charge in [-0.25, -0.2) is 0 Å². The fraction of sp³-hybridized carbons (Fsp3) is 0.211. The van der Waals surface area contributed by atoms with E-state index >= 15 is 0 Å². The predicted molar refractivity (Wildman–Crippen MR) is 112 cm³/mol. The first-order valence-corrected chi connectivity index (χ1v) is 10.1. The molecule has 1 N–H and O–H groups in total. The van der Waals surface area contributed by atoms with Crippen LogP contribution in [0.1, 0.15) is 17.8 Å². The molecular formula is C19H18ClN5O3S. The number of hydrogen-bond donors (Lipinski definition) is 1. The summed E-state index contributed by atoms with van der Waals surface area (Å²) >= 11 is 7.52. The number of halogens is 1. The number of nitrogens with one attached hydrogen (secondary N) is 1. The number of amides is 1. The Bertz CT molecular complexity index is 1020. The molecule has 1 aromatic heterocycles. The van der Waals surface area contributed by atoms with Crippen LogP contribution in [-0.2, 0) is 24.0 Å². The summed E-state index contributed by atoms with van der Waals surface area (Å²) < 4.78 is 1.85. The second-order valence-electron chi connectivity index (χ2n) is 6.20. The second kappa shape index (κ2) is 9.53. The molecule has 1 heterocycles. The summed E-state index contributed by atoms with van der Waals surface area (Å²) in [7, 11) is 1.85. The summed E-state index contributed by atoms with van der Waals surface area (Å²) in [6.07, 6.45) is 0.697. The Labute approximate surface area is 176 Å². The van der Waals surface area contributed by atoms with E-state index in [1.165, 1.54) is 23.9 Å². The molecule has 150 valence electrons. The summed E-state index contributed by atoms with van der Waals surface area (Å²) in [5.41, 5.74) is 1.59. The number of non-ortho nitro benzene ring substituents is 1. The summed E-state index contributed by atoms with van der Waals surface area (Å²) in [6, 6.07) is 13.5. The minimum atomic E-state index is -0.423. The molecule has 29 heavy (non-hydrogen) atoms. The largest absolute Gasteiger partial charge is 0.325 e. The van der Waals surface area contributed by atoms with Crippen molar-refractivity contribution in [2.75, 3.05) is 5.32 Å². The molecule has 0 aliphatic rings. The molecule has 2 aromatic carbocycles. The van der Waals surface area contributed by atoms with Crippen LogP contribution in [-0.4, -0.2) is 25.6 Å². The van der Waals surface area contributed by atoms with Crippen LogP contribution < -0.4 is 5.32 Å². The van der Waals surface area contributed by atoms with Crippen molar-refractivity contribution in [2.24, 2.45) is 7.05 Å². The number of carbonyl (C=O) groups excluding carboxylic acids is 1. The van der Waals surface area contributed by atoms with Gasteiger partial charge in [0, 0.05) is 37.8 Å². The molecule has 3 rings (SSSR count). The summed E-state index contributed by atoms with van der Waals surface area (Å²) in [5, 5.41) is 23.0. The average molecular weight is 432 g/mol. The molecule has 0 unspecified atom stereocenters. The van der Waals surface area contributed by atoms with Gasteiger partial charge in [-0.3, -0.25) is 14.9 Å². The van der Waals surface area contributed by atoms with Gasteiger partial charge in [-0.05, 0) is 17.7 Å². The lowest BCUT2D eigenvalue weighted by atomic mass is 10.2. The van der Waals surface area contributed by atoms with Gasteiger partial charge in [0.15, 0.2) is 5.16 Å². The number of nitro groups is 1. The van der Waals surface area contributed by atoms with Crippen molar-refractivity contribution in [1.29, 1.82) is 0 Å². The third-order valence-corrected chi connectivity index (χ3v) is 5.58. The normalized spacial score (nSPS) is 10.7. The van der Waals surface area contributed by atoms with Gasteiger partial charge < -0.3 is 9.88 Å². The molecule has 0 bridgehead atoms. The molecule has 10 heteroatoms. The fourth-order valence-electron chi connectivity index (χ4n) is 2.55. The predicted octanol–water partition coefficient (Wildman–Crippen LogP) is 4.24. The number of carbonyl (C=O) groups is 1. The average Bonchev–Trinajstić information content (AvgIpc) is 3.06. The van der Waals surface area contributed by atoms with E-state index in [1.54, 1.807) is 36.4 Å². The van der Waals surface area contributed by atoms with Gasteiger partial charge in [-0.15, -0.1) is 10.2 Å². The monoisotopic (exact) mass is 431 g/mol. The van der Waals surface area contributed by atoms with Crippen LogP contribution in [0.5, 0.6) is 0 Å². The van der Waals surface area contributed by atoms with Crippen LogP contribution in [0.4, 0.5) is 11.4 Å². The number of aromatic nitrogens is 3. The van der Waals surface area contributed by atoms with Crippen LogP contribution in [0.3, 0.4) is 0 Å². The number of rotatable bonds is 8. The lowest BCUT2D eigenvalue weighted by Gasteiger charge is -2.07. The van der Waals surface area contributed by atoms with Crippen molar-refractivity contribution in [3.63, 3.8) is 0 Å². The quantitative estimate of drug-likeness (QED) is 0.325. The van der Waals surface area contributed by atoms with Crippen molar-refractivity contribution in [1.82, 2.24) is 14.8 Å². The zero-order valence-electron chi connectivity index (χ0n) is 15.5. The van der Waals surface area contributed by atoms with Crippen molar-refractivity contribution < 1.29 is 9.72 Å². The molecule has 0 aliphatic heterocycles. The highest BCUT2D eigenvalue weighted by molar-refractivity contribution is 7.98. The lowest BCUT2D eigenvalue weighted by molar-refractivity contribution is -0.384. The standard InChI is InChI=1S/C19H18ClN5O3S/c1-24-17(10-11-18(26)21-16-5-3-2-4-15(16)20)22-23-19(24)29-12-13-6-8-14(9-7-13)25(27)28/h2-9H,10-12H2,1H3,(H,21,26). The Morgan fingerprint density at radius 3 is 2.62 bits per heavy atom. The van der Waals surface area contributed by atoms with E-state index in [-0.39, 0.29) is 18.0 Å². The molecule has 0 atom stereocenters. The highest BCUT2D eigenvalue weighted by Gasteiger charge is 2.13. The zero-order chi connectivity index (χ0) is 20.8. The van der Waals surface area contributed by atoms with Crippen LogP contribution in [0.2, 0.25) is 5.02 Å². The number of anilines is 1. The maximum absolute atomic E-state index is 12.2. The first-order chi connectivity index (χ1) is 13.9. The fourth-order valence-corrected chi connectivity index (χ4v) is 3.62. The number of hydrogen-bond acceptors (Lipinski definition) is 6. The van der Waals surface area contributed by atoms with E-state index in [0.717, 1.165) is 5.56 Å². The molecular weight excluding hydrogens is 414 g/mol. The molecule has 0 radical (unpaired) electrons. The highest BCUT2D eigenvalue weighted by atomic mass is 35.5. The van der Waals surface area contributed by atoms with E-state index in [1.807, 2.05) is 11.6 Å². The molecule has 0 saturated heterocycles. The van der Waals surface area contributed by atoms with E-state index in [2.05, 4.69) is 15.5 Å². The Morgan fingerprint density at radius 1 is 1.21 bits per heavy atom. The minimum Gasteiger partial charge on any atom is -0.325 e. The number of para-hydroxylation sites is 1. The number of nitrogens with zero attached hydrogens (tertiary/aromatic N) is 4. The number of benzene rings is 2. The van der Waals surface area contributed by atoms with Gasteiger partial charge in [0.1, 0.15) is 5.82 Å². The molecule has 3 aromatic rings. The first-order valence-electron chi connectivity index (χ1n) is 8.73. The lowest BCUT2D eigenvalue weighted by Crippen LogP contribution is -2.14. The van der Waals surface area contributed by atoms with Gasteiger partial charge in [0.2, 0.25) is 5.91 Å². The third-order valence-electron chi connectivity index (χ3n) is 4.16. The third kappa shape index (κ3) is 5.55. The van der Waals surface area contributed by atoms with Crippen molar-refractivity contribution in [3.8, 4) is 0 Å². The Morgan fingerprint density at radius 2 is 1.93 bits per heavy atom. The summed E-state index contributed by atoms with van der Waals surface area (Å²) in [6.45, 7) is 0. The Hall–Kier alpha value is -2.91. The van der Waals surface area contributed by atoms with Gasteiger partial charge in [-0.2, -0.15) is 0 Å². The van der Waals surface area contributed by atoms with Crippen molar-refractivity contribution in [2.45, 2.75) is 23.8 Å². The number of nitro benzene ring substituents is 1. The van der Waals surface area contributed by atoms with Crippen molar-refractivity contribution in [3.05, 3.63) is 75.1 Å². The van der Waals surface area contributed by atoms with Gasteiger partial charge in [0.25, 0.3) is 5.69 Å². The van der Waals surface area contributed by atoms with E-state index < -0.39 is 4.92 Å². The van der Waals surface area contributed by atoms with Crippen LogP contribution in [0.15, 0.2) is 53.7 Å². The number of aryl methyl sites for hydroxylation is 1. The maximum Gasteiger partial charge on any atom is 0.269 e. The molecule has 1 amide bonds. The van der Waals surface area contributed by atoms with E-state index in [9.17, 15) is 14.9 Å². The first kappa shape index (κ1) is 20.8. The molecule has 0 fully saturated rings. The molecule has 0 spiro atoms. The maximum atomic E-state index is 12.2. The van der Waals surface area contributed by atoms with Crippen LogP contribution in [0, 0.1) is 10.1 Å². The van der Waals surface area contributed by atoms with Gasteiger partial charge in [0.05, 0.1) is 15.6 Å². The summed E-state index contributed by atoms with van der Waals surface area (Å²) in [4.78, 5) is 22.5. The van der Waals surface area contributed by atoms with Crippen LogP contribution in [0.25, 0.3) is 0 Å². The smallest absolute Gasteiger partial charge is 0.269 e. The van der Waals surface area contributed by atoms with Crippen LogP contribution >= 0.6 is 23.4 Å². The zero-order valence-corrected chi connectivity index (χ0v) is 17.1. The summed E-state index contributed by atoms with van der Waals surface area (Å²) in [5.74, 6) is 1.16. The topological polar surface area (TPSA) is 103 Å². The number of thioether (sulfide) groups is 1. The SMILES string of the molecule is Cn1c(CCC(=O)Nc2ccccc2Cl)nnc1SCc1ccc([N+](=O)[O-])cc1. The Kier molecular flexibility index (Phi) is 6.84. The Balaban J connectivity index is 1.53.